The van der Waals surface area contributed by atoms with E-state index in [1.807, 2.05) is 44.2 Å². The van der Waals surface area contributed by atoms with E-state index in [1.165, 1.54) is 6.07 Å². The Bertz CT molecular complexity index is 1170. The molecule has 0 aliphatic heterocycles. The molecule has 0 saturated carbocycles. The number of fused-ring (bicyclic) bond motifs is 1. The van der Waals surface area contributed by atoms with Crippen molar-refractivity contribution < 1.29 is 9.59 Å². The minimum absolute atomic E-state index is 0.0573. The summed E-state index contributed by atoms with van der Waals surface area (Å²) < 4.78 is 0. The molecule has 7 nitrogen and oxygen atoms in total. The van der Waals surface area contributed by atoms with Crippen molar-refractivity contribution in [3.05, 3.63) is 75.6 Å². The number of aromatic nitrogens is 3. The van der Waals surface area contributed by atoms with E-state index in [2.05, 4.69) is 20.3 Å². The molecule has 0 radical (unpaired) electrons. The Morgan fingerprint density at radius 2 is 1.87 bits per heavy atom. The lowest BCUT2D eigenvalue weighted by atomic mass is 9.75. The Hall–Kier alpha value is -3.48. The largest absolute Gasteiger partial charge is 0.342 e. The van der Waals surface area contributed by atoms with Gasteiger partial charge in [-0.25, -0.2) is 4.98 Å². The van der Waals surface area contributed by atoms with Crippen molar-refractivity contribution in [2.24, 2.45) is 5.41 Å². The molecule has 3 aromatic rings. The van der Waals surface area contributed by atoms with Crippen molar-refractivity contribution in [2.45, 2.75) is 39.7 Å². The summed E-state index contributed by atoms with van der Waals surface area (Å²) in [7, 11) is 0. The van der Waals surface area contributed by atoms with E-state index in [4.69, 9.17) is 0 Å². The lowest BCUT2D eigenvalue weighted by molar-refractivity contribution is 0.0910. The molecule has 30 heavy (non-hydrogen) atoms. The number of ketones is 1. The molecule has 0 bridgehead atoms. The normalized spacial score (nSPS) is 16.0. The average molecular weight is 404 g/mol. The molecule has 1 aliphatic rings. The molecule has 1 atom stereocenters. The van der Waals surface area contributed by atoms with Crippen LogP contribution in [0.1, 0.15) is 65.5 Å². The van der Waals surface area contributed by atoms with Crippen molar-refractivity contribution in [3.8, 4) is 11.3 Å². The van der Waals surface area contributed by atoms with Gasteiger partial charge in [0.2, 0.25) is 0 Å². The summed E-state index contributed by atoms with van der Waals surface area (Å²) in [4.78, 5) is 48.1. The first kappa shape index (κ1) is 19.8. The zero-order valence-electron chi connectivity index (χ0n) is 17.2. The van der Waals surface area contributed by atoms with E-state index in [0.29, 0.717) is 29.9 Å². The number of carbonyl (C=O) groups excluding carboxylic acids is 2. The second-order valence-electron chi connectivity index (χ2n) is 8.59. The van der Waals surface area contributed by atoms with Crippen LogP contribution in [0.5, 0.6) is 0 Å². The van der Waals surface area contributed by atoms with E-state index in [9.17, 15) is 14.4 Å². The highest BCUT2D eigenvalue weighted by Gasteiger charge is 2.32. The number of imidazole rings is 1. The van der Waals surface area contributed by atoms with E-state index in [-0.39, 0.29) is 16.8 Å². The summed E-state index contributed by atoms with van der Waals surface area (Å²) in [6, 6.07) is 10.7. The van der Waals surface area contributed by atoms with Gasteiger partial charge in [-0.3, -0.25) is 14.4 Å². The molecule has 0 fully saturated rings. The lowest BCUT2D eigenvalue weighted by Crippen LogP contribution is -2.35. The van der Waals surface area contributed by atoms with Gasteiger partial charge in [-0.2, -0.15) is 0 Å². The van der Waals surface area contributed by atoms with Crippen molar-refractivity contribution in [2.75, 3.05) is 0 Å². The molecule has 1 aliphatic carbocycles. The highest BCUT2D eigenvalue weighted by Crippen LogP contribution is 2.33. The number of hydrogen-bond acceptors (Lipinski definition) is 4. The Labute approximate surface area is 174 Å². The van der Waals surface area contributed by atoms with E-state index >= 15 is 0 Å². The van der Waals surface area contributed by atoms with Crippen LogP contribution in [0.4, 0.5) is 0 Å². The Kier molecular flexibility index (Phi) is 4.89. The maximum absolute atomic E-state index is 12.8. The predicted molar refractivity (Wildman–Crippen MR) is 113 cm³/mol. The number of nitrogens with one attached hydrogen (secondary N) is 3. The zero-order valence-corrected chi connectivity index (χ0v) is 17.2. The number of pyridine rings is 1. The van der Waals surface area contributed by atoms with E-state index in [1.54, 1.807) is 13.1 Å². The van der Waals surface area contributed by atoms with Crippen LogP contribution >= 0.6 is 0 Å². The molecule has 0 spiro atoms. The predicted octanol–water partition coefficient (Wildman–Crippen LogP) is 3.41. The molecule has 7 heteroatoms. The van der Waals surface area contributed by atoms with Gasteiger partial charge in [0.25, 0.3) is 11.5 Å². The van der Waals surface area contributed by atoms with Gasteiger partial charge >= 0.3 is 0 Å². The molecule has 1 aromatic carbocycles. The fourth-order valence-corrected chi connectivity index (χ4v) is 3.86. The molecule has 154 valence electrons. The third-order valence-electron chi connectivity index (χ3n) is 5.40. The fraction of sp³-hybridized carbons (Fsp3) is 0.304. The third kappa shape index (κ3) is 3.83. The molecule has 2 aromatic heterocycles. The van der Waals surface area contributed by atoms with E-state index < -0.39 is 17.5 Å². The van der Waals surface area contributed by atoms with Gasteiger partial charge < -0.3 is 15.3 Å². The smallest absolute Gasteiger partial charge is 0.261 e. The van der Waals surface area contributed by atoms with Crippen molar-refractivity contribution in [1.82, 2.24) is 20.3 Å². The molecular formula is C23H24N4O3. The van der Waals surface area contributed by atoms with Crippen LogP contribution in [0.15, 0.2) is 47.4 Å². The van der Waals surface area contributed by atoms with Gasteiger partial charge in [0.05, 0.1) is 17.9 Å². The van der Waals surface area contributed by atoms with Crippen LogP contribution in [-0.4, -0.2) is 26.6 Å². The minimum Gasteiger partial charge on any atom is -0.342 e. The van der Waals surface area contributed by atoms with Crippen LogP contribution in [0.25, 0.3) is 11.3 Å². The highest BCUT2D eigenvalue weighted by atomic mass is 16.2. The Balaban J connectivity index is 1.55. The molecule has 4 rings (SSSR count). The third-order valence-corrected chi connectivity index (χ3v) is 5.40. The maximum atomic E-state index is 12.8. The number of benzene rings is 1. The second kappa shape index (κ2) is 7.40. The van der Waals surface area contributed by atoms with Crippen LogP contribution in [-0.2, 0) is 6.42 Å². The number of H-pyrrole nitrogens is 2. The van der Waals surface area contributed by atoms with Crippen molar-refractivity contribution in [1.29, 1.82) is 0 Å². The average Bonchev–Trinajstić information content (AvgIpc) is 3.17. The van der Waals surface area contributed by atoms with Gasteiger partial charge in [0.1, 0.15) is 11.4 Å². The first-order valence-corrected chi connectivity index (χ1v) is 9.94. The van der Waals surface area contributed by atoms with Crippen LogP contribution in [0.3, 0.4) is 0 Å². The van der Waals surface area contributed by atoms with Crippen LogP contribution < -0.4 is 10.9 Å². The van der Waals surface area contributed by atoms with Crippen LogP contribution in [0, 0.1) is 5.41 Å². The van der Waals surface area contributed by atoms with Crippen LogP contribution in [0.2, 0.25) is 0 Å². The molecule has 0 saturated heterocycles. The summed E-state index contributed by atoms with van der Waals surface area (Å²) in [6.07, 6.45) is 2.69. The topological polar surface area (TPSA) is 108 Å². The molecule has 3 N–H and O–H groups in total. The van der Waals surface area contributed by atoms with Crippen molar-refractivity contribution in [3.63, 3.8) is 0 Å². The Morgan fingerprint density at radius 1 is 1.13 bits per heavy atom. The fourth-order valence-electron chi connectivity index (χ4n) is 3.86. The number of nitrogens with zero attached hydrogens (tertiary/aromatic N) is 1. The lowest BCUT2D eigenvalue weighted by Gasteiger charge is -2.29. The number of aromatic amines is 2. The SMILES string of the molecule is CC(NC(=O)c1cc2c([nH]c1=O)CC(C)(C)CC2=O)c1ncc(-c2ccccc2)[nH]1. The molecular weight excluding hydrogens is 380 g/mol. The first-order chi connectivity index (χ1) is 14.2. The zero-order chi connectivity index (χ0) is 21.5. The summed E-state index contributed by atoms with van der Waals surface area (Å²) in [5, 5.41) is 2.79. The summed E-state index contributed by atoms with van der Waals surface area (Å²) in [5.41, 5.74) is 2.09. The first-order valence-electron chi connectivity index (χ1n) is 9.94. The minimum atomic E-state index is -0.540. The number of hydrogen-bond donors (Lipinski definition) is 3. The summed E-state index contributed by atoms with van der Waals surface area (Å²) in [6.45, 7) is 5.76. The number of amides is 1. The molecule has 1 unspecified atom stereocenters. The highest BCUT2D eigenvalue weighted by molar-refractivity contribution is 6.02. The maximum Gasteiger partial charge on any atom is 0.261 e. The van der Waals surface area contributed by atoms with Gasteiger partial charge in [-0.05, 0) is 30.4 Å². The number of rotatable bonds is 4. The second-order valence-corrected chi connectivity index (χ2v) is 8.59. The van der Waals surface area contributed by atoms with Crippen molar-refractivity contribution >= 4 is 11.7 Å². The van der Waals surface area contributed by atoms with Gasteiger partial charge in [-0.15, -0.1) is 0 Å². The van der Waals surface area contributed by atoms with Gasteiger partial charge in [-0.1, -0.05) is 44.2 Å². The van der Waals surface area contributed by atoms with Gasteiger partial charge in [0.15, 0.2) is 5.78 Å². The standard InChI is InChI=1S/C23H24N4O3/c1-13(20-24-12-18(26-20)14-7-5-4-6-8-14)25-21(29)16-9-15-17(27-22(16)30)10-23(2,3)11-19(15)28/h4-9,12-13H,10-11H2,1-3H3,(H,24,26)(H,25,29)(H,27,30). The Morgan fingerprint density at radius 3 is 2.60 bits per heavy atom. The number of carbonyl (C=O) groups is 2. The number of Topliss-reactive ketones (excluding diaryl/α,β-unsaturated/α-hetero) is 1. The quantitative estimate of drug-likeness (QED) is 0.619. The molecule has 1 amide bonds. The summed E-state index contributed by atoms with van der Waals surface area (Å²) >= 11 is 0. The monoisotopic (exact) mass is 404 g/mol. The van der Waals surface area contributed by atoms with Gasteiger partial charge in [0, 0.05) is 17.7 Å². The van der Waals surface area contributed by atoms with E-state index in [0.717, 1.165) is 11.3 Å². The molecule has 2 heterocycles. The summed E-state index contributed by atoms with van der Waals surface area (Å²) in [5.74, 6) is -0.0191.